The van der Waals surface area contributed by atoms with Crippen molar-refractivity contribution >= 4 is 5.91 Å². The highest BCUT2D eigenvalue weighted by Gasteiger charge is 2.51. The van der Waals surface area contributed by atoms with Crippen LogP contribution in [0.1, 0.15) is 12.0 Å². The van der Waals surface area contributed by atoms with Crippen LogP contribution in [-0.2, 0) is 19.9 Å². The number of aliphatic hydroxyl groups is 1. The van der Waals surface area contributed by atoms with E-state index in [-0.39, 0.29) is 18.3 Å². The number of rotatable bonds is 4. The molecule has 1 aromatic rings. The summed E-state index contributed by atoms with van der Waals surface area (Å²) in [5, 5.41) is 10.8. The Hall–Kier alpha value is -1.50. The van der Waals surface area contributed by atoms with E-state index in [2.05, 4.69) is 0 Å². The number of carbonyl (C=O) groups excluding carboxylic acids is 1. The van der Waals surface area contributed by atoms with Gasteiger partial charge in [-0.1, -0.05) is 12.1 Å². The van der Waals surface area contributed by atoms with Crippen molar-refractivity contribution in [1.82, 2.24) is 4.90 Å². The first-order chi connectivity index (χ1) is 10.5. The van der Waals surface area contributed by atoms with Gasteiger partial charge in [0.15, 0.2) is 0 Å². The van der Waals surface area contributed by atoms with Gasteiger partial charge in [0.1, 0.15) is 16.8 Å². The molecule has 0 spiro atoms. The second kappa shape index (κ2) is 5.61. The molecule has 1 amide bonds. The van der Waals surface area contributed by atoms with Gasteiger partial charge < -0.3 is 19.5 Å². The van der Waals surface area contributed by atoms with Crippen molar-refractivity contribution in [3.8, 4) is 0 Å². The minimum absolute atomic E-state index is 0.0429. The Morgan fingerprint density at radius 3 is 2.64 bits per heavy atom. The number of hydrogen-bond acceptors (Lipinski definition) is 4. The van der Waals surface area contributed by atoms with E-state index in [0.29, 0.717) is 38.3 Å². The first-order valence-electron chi connectivity index (χ1n) is 7.34. The normalized spacial score (nSPS) is 26.8. The van der Waals surface area contributed by atoms with Gasteiger partial charge in [-0.05, 0) is 24.1 Å². The number of carbonyl (C=O) groups is 1. The van der Waals surface area contributed by atoms with Crippen LogP contribution in [0, 0.1) is 11.2 Å². The predicted octanol–water partition coefficient (Wildman–Crippen LogP) is 0.909. The van der Waals surface area contributed by atoms with Crippen molar-refractivity contribution < 1.29 is 23.8 Å². The van der Waals surface area contributed by atoms with Crippen LogP contribution in [0.5, 0.6) is 0 Å². The summed E-state index contributed by atoms with van der Waals surface area (Å²) in [6.45, 7) is 1.70. The smallest absolute Gasteiger partial charge is 0.235 e. The molecule has 2 fully saturated rings. The molecule has 2 saturated heterocycles. The molecule has 0 radical (unpaired) electrons. The van der Waals surface area contributed by atoms with Gasteiger partial charge in [0.2, 0.25) is 5.91 Å². The molecule has 0 bridgehead atoms. The molecular weight excluding hydrogens is 289 g/mol. The molecule has 0 aromatic heterocycles. The van der Waals surface area contributed by atoms with E-state index in [4.69, 9.17) is 9.47 Å². The number of nitrogens with zero attached hydrogens (tertiary/aromatic N) is 1. The standard InChI is InChI=1S/C16H20FNO4/c1-21-9-15(10-22-11-15)14(19)18-7-6-16(20,8-18)12-2-4-13(17)5-3-12/h2-5,20H,6-11H2,1H3. The van der Waals surface area contributed by atoms with Gasteiger partial charge in [-0.15, -0.1) is 0 Å². The van der Waals surface area contributed by atoms with Crippen LogP contribution in [0.25, 0.3) is 0 Å². The third kappa shape index (κ3) is 2.51. The van der Waals surface area contributed by atoms with Crippen LogP contribution in [0.3, 0.4) is 0 Å². The molecular formula is C16H20FNO4. The van der Waals surface area contributed by atoms with E-state index in [1.165, 1.54) is 12.1 Å². The molecule has 0 aliphatic carbocycles. The third-order valence-corrected chi connectivity index (χ3v) is 4.55. The molecule has 1 unspecified atom stereocenters. The lowest BCUT2D eigenvalue weighted by Crippen LogP contribution is -2.57. The van der Waals surface area contributed by atoms with Crippen molar-refractivity contribution in [2.75, 3.05) is 40.0 Å². The average molecular weight is 309 g/mol. The van der Waals surface area contributed by atoms with Gasteiger partial charge >= 0.3 is 0 Å². The fourth-order valence-corrected chi connectivity index (χ4v) is 3.19. The number of likely N-dealkylation sites (tertiary alicyclic amines) is 1. The summed E-state index contributed by atoms with van der Waals surface area (Å²) in [4.78, 5) is 14.4. The number of amides is 1. The Morgan fingerprint density at radius 2 is 2.09 bits per heavy atom. The lowest BCUT2D eigenvalue weighted by atomic mass is 9.85. The van der Waals surface area contributed by atoms with Crippen LogP contribution >= 0.6 is 0 Å². The maximum atomic E-state index is 13.0. The topological polar surface area (TPSA) is 59.0 Å². The van der Waals surface area contributed by atoms with Gasteiger partial charge in [-0.2, -0.15) is 0 Å². The zero-order chi connectivity index (χ0) is 15.8. The third-order valence-electron chi connectivity index (χ3n) is 4.55. The second-order valence-electron chi connectivity index (χ2n) is 6.22. The Bertz CT molecular complexity index is 558. The Balaban J connectivity index is 1.74. The Labute approximate surface area is 128 Å². The summed E-state index contributed by atoms with van der Waals surface area (Å²) in [7, 11) is 1.56. The summed E-state index contributed by atoms with van der Waals surface area (Å²) in [6.07, 6.45) is 0.439. The SMILES string of the molecule is COCC1(C(=O)N2CCC(O)(c3ccc(F)cc3)C2)COC1. The van der Waals surface area contributed by atoms with Crippen LogP contribution in [-0.4, -0.2) is 55.9 Å². The summed E-state index contributed by atoms with van der Waals surface area (Å²) < 4.78 is 23.4. The highest BCUT2D eigenvalue weighted by atomic mass is 19.1. The van der Waals surface area contributed by atoms with Gasteiger partial charge in [0, 0.05) is 13.7 Å². The van der Waals surface area contributed by atoms with Crippen LogP contribution in [0.4, 0.5) is 4.39 Å². The fourth-order valence-electron chi connectivity index (χ4n) is 3.19. The zero-order valence-electron chi connectivity index (χ0n) is 12.5. The van der Waals surface area contributed by atoms with E-state index in [0.717, 1.165) is 0 Å². The van der Waals surface area contributed by atoms with Gasteiger partial charge in [0.05, 0.1) is 26.4 Å². The predicted molar refractivity (Wildman–Crippen MR) is 76.6 cm³/mol. The molecule has 2 heterocycles. The average Bonchev–Trinajstić information content (AvgIpc) is 2.86. The van der Waals surface area contributed by atoms with Crippen LogP contribution in [0.15, 0.2) is 24.3 Å². The zero-order valence-corrected chi connectivity index (χ0v) is 12.5. The first-order valence-corrected chi connectivity index (χ1v) is 7.34. The highest BCUT2D eigenvalue weighted by molar-refractivity contribution is 5.84. The Kier molecular flexibility index (Phi) is 3.92. The lowest BCUT2D eigenvalue weighted by Gasteiger charge is -2.41. The molecule has 2 aliphatic heterocycles. The minimum Gasteiger partial charge on any atom is -0.383 e. The minimum atomic E-state index is -1.12. The number of methoxy groups -OCH3 is 1. The summed E-state index contributed by atoms with van der Waals surface area (Å²) >= 11 is 0. The van der Waals surface area contributed by atoms with E-state index < -0.39 is 11.0 Å². The number of hydrogen-bond donors (Lipinski definition) is 1. The lowest BCUT2D eigenvalue weighted by molar-refractivity contribution is -0.182. The fraction of sp³-hybridized carbons (Fsp3) is 0.562. The number of ether oxygens (including phenoxy) is 2. The van der Waals surface area contributed by atoms with E-state index in [9.17, 15) is 14.3 Å². The van der Waals surface area contributed by atoms with Gasteiger partial charge in [0.25, 0.3) is 0 Å². The van der Waals surface area contributed by atoms with Crippen molar-refractivity contribution in [3.63, 3.8) is 0 Å². The molecule has 1 N–H and O–H groups in total. The molecule has 5 nitrogen and oxygen atoms in total. The van der Waals surface area contributed by atoms with Gasteiger partial charge in [-0.25, -0.2) is 4.39 Å². The van der Waals surface area contributed by atoms with E-state index in [1.807, 2.05) is 0 Å². The quantitative estimate of drug-likeness (QED) is 0.898. The molecule has 120 valence electrons. The molecule has 1 aromatic carbocycles. The summed E-state index contributed by atoms with van der Waals surface area (Å²) in [5.74, 6) is -0.386. The summed E-state index contributed by atoms with van der Waals surface area (Å²) in [6, 6.07) is 5.79. The van der Waals surface area contributed by atoms with Crippen molar-refractivity contribution in [2.24, 2.45) is 5.41 Å². The number of β-amino-alcohol motifs (C(OH)–C–C–N with tert-alkyl or cyclic N) is 1. The van der Waals surface area contributed by atoms with Crippen molar-refractivity contribution in [2.45, 2.75) is 12.0 Å². The van der Waals surface area contributed by atoms with Crippen LogP contribution in [0.2, 0.25) is 0 Å². The molecule has 6 heteroatoms. The van der Waals surface area contributed by atoms with Crippen molar-refractivity contribution in [1.29, 1.82) is 0 Å². The van der Waals surface area contributed by atoms with E-state index in [1.54, 1.807) is 24.1 Å². The first kappa shape index (κ1) is 15.4. The largest absolute Gasteiger partial charge is 0.383 e. The molecule has 3 rings (SSSR count). The molecule has 2 aliphatic rings. The van der Waals surface area contributed by atoms with Crippen molar-refractivity contribution in [3.05, 3.63) is 35.6 Å². The van der Waals surface area contributed by atoms with Crippen LogP contribution < -0.4 is 0 Å². The maximum Gasteiger partial charge on any atom is 0.235 e. The monoisotopic (exact) mass is 309 g/mol. The highest BCUT2D eigenvalue weighted by Crippen LogP contribution is 2.37. The second-order valence-corrected chi connectivity index (χ2v) is 6.22. The molecule has 22 heavy (non-hydrogen) atoms. The number of halogens is 1. The number of benzene rings is 1. The van der Waals surface area contributed by atoms with Gasteiger partial charge in [-0.3, -0.25) is 4.79 Å². The molecule has 0 saturated carbocycles. The molecule has 1 atom stereocenters. The summed E-state index contributed by atoms with van der Waals surface area (Å²) in [5.41, 5.74) is -1.11. The Morgan fingerprint density at radius 1 is 1.41 bits per heavy atom. The van der Waals surface area contributed by atoms with E-state index >= 15 is 0 Å². The maximum absolute atomic E-state index is 13.0.